The maximum atomic E-state index is 12.3. The predicted octanol–water partition coefficient (Wildman–Crippen LogP) is 2.29. The normalized spacial score (nSPS) is 10.3. The molecule has 0 aliphatic carbocycles. The highest BCUT2D eigenvalue weighted by molar-refractivity contribution is 7.17. The van der Waals surface area contributed by atoms with Crippen molar-refractivity contribution in [2.45, 2.75) is 6.92 Å². The highest BCUT2D eigenvalue weighted by Crippen LogP contribution is 2.26. The number of phenols is 1. The Hall–Kier alpha value is -3.26. The van der Waals surface area contributed by atoms with Gasteiger partial charge in [-0.1, -0.05) is 18.2 Å². The number of rotatable bonds is 3. The number of phenolic OH excluding ortho intramolecular Hbond substituents is 1. The van der Waals surface area contributed by atoms with Crippen LogP contribution in [0.4, 0.5) is 0 Å². The number of amides is 2. The van der Waals surface area contributed by atoms with Gasteiger partial charge in [-0.15, -0.1) is 11.3 Å². The molecule has 2 aromatic heterocycles. The molecular formula is C17H14N4O3S. The maximum absolute atomic E-state index is 12.3. The van der Waals surface area contributed by atoms with Gasteiger partial charge in [0, 0.05) is 6.20 Å². The lowest BCUT2D eigenvalue weighted by Crippen LogP contribution is -2.41. The van der Waals surface area contributed by atoms with Crippen molar-refractivity contribution < 1.29 is 14.7 Å². The van der Waals surface area contributed by atoms with Gasteiger partial charge in [0.25, 0.3) is 11.8 Å². The average molecular weight is 354 g/mol. The van der Waals surface area contributed by atoms with Gasteiger partial charge in [0.2, 0.25) is 0 Å². The first-order chi connectivity index (χ1) is 12.1. The van der Waals surface area contributed by atoms with Crippen molar-refractivity contribution in [3.63, 3.8) is 0 Å². The highest BCUT2D eigenvalue weighted by atomic mass is 32.1. The van der Waals surface area contributed by atoms with Crippen molar-refractivity contribution in [3.8, 4) is 16.5 Å². The van der Waals surface area contributed by atoms with Crippen LogP contribution in [0.15, 0.2) is 48.7 Å². The van der Waals surface area contributed by atoms with Gasteiger partial charge in [-0.2, -0.15) is 0 Å². The zero-order chi connectivity index (χ0) is 17.8. The van der Waals surface area contributed by atoms with E-state index < -0.39 is 11.8 Å². The van der Waals surface area contributed by atoms with Crippen LogP contribution in [-0.4, -0.2) is 26.9 Å². The van der Waals surface area contributed by atoms with Crippen LogP contribution < -0.4 is 10.9 Å². The molecule has 0 fully saturated rings. The fraction of sp³-hybridized carbons (Fsp3) is 0.0588. The number of para-hydroxylation sites is 1. The summed E-state index contributed by atoms with van der Waals surface area (Å²) in [5, 5.41) is 10.3. The standard InChI is InChI=1S/C17H14N4O3S/c1-10-14(25-17(19-10)12-7-4-5-9-18-12)16(24)21-20-15(23)11-6-2-3-8-13(11)22/h2-9,22H,1H3,(H,20,23)(H,21,24). The Kier molecular flexibility index (Phi) is 4.71. The molecule has 3 aromatic rings. The lowest BCUT2D eigenvalue weighted by atomic mass is 10.2. The summed E-state index contributed by atoms with van der Waals surface area (Å²) in [4.78, 5) is 33.2. The average Bonchev–Trinajstić information content (AvgIpc) is 3.02. The molecule has 25 heavy (non-hydrogen) atoms. The van der Waals surface area contributed by atoms with Crippen LogP contribution in [0.25, 0.3) is 10.7 Å². The molecular weight excluding hydrogens is 340 g/mol. The number of benzene rings is 1. The Labute approximate surface area is 147 Å². The van der Waals surface area contributed by atoms with Crippen molar-refractivity contribution >= 4 is 23.2 Å². The second-order valence-corrected chi connectivity index (χ2v) is 6.07. The molecule has 3 N–H and O–H groups in total. The Morgan fingerprint density at radius 1 is 1.04 bits per heavy atom. The van der Waals surface area contributed by atoms with Crippen LogP contribution in [0.3, 0.4) is 0 Å². The summed E-state index contributed by atoms with van der Waals surface area (Å²) in [7, 11) is 0. The summed E-state index contributed by atoms with van der Waals surface area (Å²) in [6, 6.07) is 11.5. The van der Waals surface area contributed by atoms with E-state index in [0.717, 1.165) is 0 Å². The Balaban J connectivity index is 1.71. The van der Waals surface area contributed by atoms with Crippen molar-refractivity contribution in [1.29, 1.82) is 0 Å². The number of carbonyl (C=O) groups is 2. The molecule has 0 spiro atoms. The van der Waals surface area contributed by atoms with E-state index in [2.05, 4.69) is 20.8 Å². The molecule has 0 aliphatic rings. The van der Waals surface area contributed by atoms with Crippen molar-refractivity contribution in [1.82, 2.24) is 20.8 Å². The predicted molar refractivity (Wildman–Crippen MR) is 93.1 cm³/mol. The lowest BCUT2D eigenvalue weighted by molar-refractivity contribution is 0.0846. The molecule has 0 saturated heterocycles. The molecule has 126 valence electrons. The van der Waals surface area contributed by atoms with Crippen LogP contribution in [-0.2, 0) is 0 Å². The lowest BCUT2D eigenvalue weighted by Gasteiger charge is -2.07. The summed E-state index contributed by atoms with van der Waals surface area (Å²) < 4.78 is 0. The van der Waals surface area contributed by atoms with Gasteiger partial charge in [0.15, 0.2) is 0 Å². The zero-order valence-corrected chi connectivity index (χ0v) is 14.0. The van der Waals surface area contributed by atoms with E-state index in [-0.39, 0.29) is 11.3 Å². The van der Waals surface area contributed by atoms with Crippen LogP contribution in [0.5, 0.6) is 5.75 Å². The van der Waals surface area contributed by atoms with E-state index in [1.807, 2.05) is 6.07 Å². The second-order valence-electron chi connectivity index (χ2n) is 5.07. The second kappa shape index (κ2) is 7.10. The van der Waals surface area contributed by atoms with E-state index >= 15 is 0 Å². The third-order valence-corrected chi connectivity index (χ3v) is 4.50. The Morgan fingerprint density at radius 3 is 2.48 bits per heavy atom. The number of pyridine rings is 1. The summed E-state index contributed by atoms with van der Waals surface area (Å²) in [6.07, 6.45) is 1.65. The number of aromatic nitrogens is 2. The van der Waals surface area contributed by atoms with E-state index in [1.54, 1.807) is 37.4 Å². The third kappa shape index (κ3) is 3.64. The molecule has 0 bridgehead atoms. The number of thiazole rings is 1. The van der Waals surface area contributed by atoms with Crippen LogP contribution in [0.2, 0.25) is 0 Å². The van der Waals surface area contributed by atoms with Gasteiger partial charge >= 0.3 is 0 Å². The minimum atomic E-state index is -0.612. The topological polar surface area (TPSA) is 104 Å². The SMILES string of the molecule is Cc1nc(-c2ccccn2)sc1C(=O)NNC(=O)c1ccccc1O. The first-order valence-electron chi connectivity index (χ1n) is 7.34. The van der Waals surface area contributed by atoms with E-state index in [9.17, 15) is 14.7 Å². The number of carbonyl (C=O) groups excluding carboxylic acids is 2. The van der Waals surface area contributed by atoms with Gasteiger partial charge in [-0.3, -0.25) is 25.4 Å². The molecule has 7 nitrogen and oxygen atoms in total. The number of hydrogen-bond acceptors (Lipinski definition) is 6. The van der Waals surface area contributed by atoms with Crippen molar-refractivity contribution in [2.24, 2.45) is 0 Å². The number of hydrazine groups is 1. The van der Waals surface area contributed by atoms with Crippen LogP contribution in [0.1, 0.15) is 25.7 Å². The van der Waals surface area contributed by atoms with Gasteiger partial charge < -0.3 is 5.11 Å². The minimum absolute atomic E-state index is 0.0676. The molecule has 0 saturated carbocycles. The monoisotopic (exact) mass is 354 g/mol. The quantitative estimate of drug-likeness (QED) is 0.626. The highest BCUT2D eigenvalue weighted by Gasteiger charge is 2.18. The zero-order valence-electron chi connectivity index (χ0n) is 13.2. The molecule has 0 aliphatic heterocycles. The third-order valence-electron chi connectivity index (χ3n) is 3.33. The smallest absolute Gasteiger partial charge is 0.281 e. The summed E-state index contributed by atoms with van der Waals surface area (Å²) in [6.45, 7) is 1.71. The first-order valence-corrected chi connectivity index (χ1v) is 8.15. The van der Waals surface area contributed by atoms with Gasteiger partial charge in [0.05, 0.1) is 17.0 Å². The number of nitrogens with one attached hydrogen (secondary N) is 2. The van der Waals surface area contributed by atoms with Crippen LogP contribution in [0, 0.1) is 6.92 Å². The number of aryl methyl sites for hydroxylation is 1. The fourth-order valence-electron chi connectivity index (χ4n) is 2.11. The molecule has 0 atom stereocenters. The summed E-state index contributed by atoms with van der Waals surface area (Å²) >= 11 is 1.18. The molecule has 0 radical (unpaired) electrons. The fourth-order valence-corrected chi connectivity index (χ4v) is 3.05. The number of hydrogen-bond donors (Lipinski definition) is 3. The Morgan fingerprint density at radius 2 is 1.76 bits per heavy atom. The maximum Gasteiger partial charge on any atom is 0.281 e. The summed E-state index contributed by atoms with van der Waals surface area (Å²) in [5.74, 6) is -1.26. The molecule has 0 unspecified atom stereocenters. The van der Waals surface area contributed by atoms with Crippen molar-refractivity contribution in [2.75, 3.05) is 0 Å². The Bertz CT molecular complexity index is 925. The molecule has 2 heterocycles. The van der Waals surface area contributed by atoms with Crippen molar-refractivity contribution in [3.05, 3.63) is 64.8 Å². The van der Waals surface area contributed by atoms with Gasteiger partial charge in [0.1, 0.15) is 15.6 Å². The van der Waals surface area contributed by atoms with E-state index in [1.165, 1.54) is 23.5 Å². The van der Waals surface area contributed by atoms with E-state index in [0.29, 0.717) is 21.3 Å². The molecule has 8 heteroatoms. The molecule has 2 amide bonds. The minimum Gasteiger partial charge on any atom is -0.507 e. The first kappa shape index (κ1) is 16.6. The van der Waals surface area contributed by atoms with Crippen LogP contribution >= 0.6 is 11.3 Å². The van der Waals surface area contributed by atoms with Gasteiger partial charge in [-0.05, 0) is 31.2 Å². The van der Waals surface area contributed by atoms with Gasteiger partial charge in [-0.25, -0.2) is 4.98 Å². The molecule has 1 aromatic carbocycles. The van der Waals surface area contributed by atoms with E-state index in [4.69, 9.17) is 0 Å². The number of nitrogens with zero attached hydrogens (tertiary/aromatic N) is 2. The number of aromatic hydroxyl groups is 1. The summed E-state index contributed by atoms with van der Waals surface area (Å²) in [5.41, 5.74) is 5.89. The largest absolute Gasteiger partial charge is 0.507 e. The molecule has 3 rings (SSSR count).